The molecule has 0 amide bonds. The maximum Gasteiger partial charge on any atom is 0.0212 e. The Kier molecular flexibility index (Phi) is 5.63. The Bertz CT molecular complexity index is 476. The SMILES string of the molecule is C=Cc1ccc(C(CN)c2ccccc2)cc1.Cl. The van der Waals surface area contributed by atoms with Gasteiger partial charge in [-0.2, -0.15) is 0 Å². The van der Waals surface area contributed by atoms with Crippen molar-refractivity contribution in [3.8, 4) is 0 Å². The molecule has 0 spiro atoms. The van der Waals surface area contributed by atoms with Crippen LogP contribution in [0.4, 0.5) is 0 Å². The molecule has 1 atom stereocenters. The smallest absolute Gasteiger partial charge is 0.0212 e. The first kappa shape index (κ1) is 14.5. The quantitative estimate of drug-likeness (QED) is 0.887. The molecule has 2 heteroatoms. The van der Waals surface area contributed by atoms with E-state index in [2.05, 4.69) is 55.1 Å². The second-order valence-electron chi connectivity index (χ2n) is 4.07. The third kappa shape index (κ3) is 3.22. The average molecular weight is 260 g/mol. The number of hydrogen-bond donors (Lipinski definition) is 1. The summed E-state index contributed by atoms with van der Waals surface area (Å²) < 4.78 is 0. The lowest BCUT2D eigenvalue weighted by molar-refractivity contribution is 0.819. The van der Waals surface area contributed by atoms with Crippen molar-refractivity contribution in [3.05, 3.63) is 77.9 Å². The first-order valence-corrected chi connectivity index (χ1v) is 5.82. The molecule has 94 valence electrons. The lowest BCUT2D eigenvalue weighted by Crippen LogP contribution is -2.13. The van der Waals surface area contributed by atoms with Crippen LogP contribution in [0.1, 0.15) is 22.6 Å². The molecule has 2 aromatic carbocycles. The van der Waals surface area contributed by atoms with E-state index in [1.807, 2.05) is 12.1 Å². The van der Waals surface area contributed by atoms with Crippen molar-refractivity contribution in [3.63, 3.8) is 0 Å². The van der Waals surface area contributed by atoms with Gasteiger partial charge in [-0.05, 0) is 16.7 Å². The summed E-state index contributed by atoms with van der Waals surface area (Å²) in [5, 5.41) is 0. The molecule has 0 aromatic heterocycles. The Morgan fingerprint density at radius 3 is 2.00 bits per heavy atom. The third-order valence-electron chi connectivity index (χ3n) is 3.01. The van der Waals surface area contributed by atoms with Crippen molar-refractivity contribution >= 4 is 18.5 Å². The van der Waals surface area contributed by atoms with Gasteiger partial charge in [0.25, 0.3) is 0 Å². The van der Waals surface area contributed by atoms with Crippen LogP contribution in [0.25, 0.3) is 6.08 Å². The van der Waals surface area contributed by atoms with Crippen LogP contribution in [0.15, 0.2) is 61.2 Å². The predicted octanol–water partition coefficient (Wildman–Crippen LogP) is 3.84. The minimum Gasteiger partial charge on any atom is -0.330 e. The van der Waals surface area contributed by atoms with Crippen LogP contribution >= 0.6 is 12.4 Å². The lowest BCUT2D eigenvalue weighted by atomic mass is 9.91. The second-order valence-corrected chi connectivity index (χ2v) is 4.07. The van der Waals surface area contributed by atoms with E-state index < -0.39 is 0 Å². The van der Waals surface area contributed by atoms with Gasteiger partial charge in [-0.3, -0.25) is 0 Å². The molecule has 2 aromatic rings. The minimum atomic E-state index is 0. The number of halogens is 1. The summed E-state index contributed by atoms with van der Waals surface area (Å²) in [5.74, 6) is 0.273. The zero-order chi connectivity index (χ0) is 12.1. The van der Waals surface area contributed by atoms with Crippen molar-refractivity contribution in [1.82, 2.24) is 0 Å². The summed E-state index contributed by atoms with van der Waals surface area (Å²) in [5.41, 5.74) is 9.54. The summed E-state index contributed by atoms with van der Waals surface area (Å²) in [6.07, 6.45) is 1.85. The Labute approximate surface area is 115 Å². The van der Waals surface area contributed by atoms with E-state index in [1.165, 1.54) is 11.1 Å². The van der Waals surface area contributed by atoms with Crippen LogP contribution in [0.2, 0.25) is 0 Å². The maximum absolute atomic E-state index is 5.89. The average Bonchev–Trinajstić information content (AvgIpc) is 2.42. The lowest BCUT2D eigenvalue weighted by Gasteiger charge is -2.15. The number of rotatable bonds is 4. The van der Waals surface area contributed by atoms with Crippen molar-refractivity contribution in [2.24, 2.45) is 5.73 Å². The summed E-state index contributed by atoms with van der Waals surface area (Å²) in [4.78, 5) is 0. The van der Waals surface area contributed by atoms with Gasteiger partial charge in [0.05, 0.1) is 0 Å². The van der Waals surface area contributed by atoms with Gasteiger partial charge in [0.2, 0.25) is 0 Å². The fourth-order valence-corrected chi connectivity index (χ4v) is 2.01. The van der Waals surface area contributed by atoms with Crippen molar-refractivity contribution in [1.29, 1.82) is 0 Å². The van der Waals surface area contributed by atoms with Gasteiger partial charge in [-0.15, -0.1) is 12.4 Å². The molecular formula is C16H18ClN. The van der Waals surface area contributed by atoms with Crippen LogP contribution in [0, 0.1) is 0 Å². The van der Waals surface area contributed by atoms with E-state index in [0.717, 1.165) is 5.56 Å². The standard InChI is InChI=1S/C16H17N.ClH/c1-2-13-8-10-15(11-9-13)16(12-17)14-6-4-3-5-7-14;/h2-11,16H,1,12,17H2;1H. The van der Waals surface area contributed by atoms with E-state index in [4.69, 9.17) is 5.73 Å². The van der Waals surface area contributed by atoms with Gasteiger partial charge in [0.1, 0.15) is 0 Å². The highest BCUT2D eigenvalue weighted by molar-refractivity contribution is 5.85. The highest BCUT2D eigenvalue weighted by Gasteiger charge is 2.11. The fourth-order valence-electron chi connectivity index (χ4n) is 2.01. The number of benzene rings is 2. The largest absolute Gasteiger partial charge is 0.330 e. The first-order chi connectivity index (χ1) is 8.35. The Balaban J connectivity index is 0.00000162. The number of nitrogens with two attached hydrogens (primary N) is 1. The van der Waals surface area contributed by atoms with Gasteiger partial charge in [0, 0.05) is 12.5 Å². The zero-order valence-electron chi connectivity index (χ0n) is 10.3. The Hall–Kier alpha value is -1.57. The van der Waals surface area contributed by atoms with Crippen LogP contribution in [-0.4, -0.2) is 6.54 Å². The summed E-state index contributed by atoms with van der Waals surface area (Å²) >= 11 is 0. The molecule has 18 heavy (non-hydrogen) atoms. The molecule has 0 saturated heterocycles. The van der Waals surface area contributed by atoms with E-state index in [0.29, 0.717) is 6.54 Å². The molecule has 1 nitrogen and oxygen atoms in total. The molecule has 0 saturated carbocycles. The molecule has 0 fully saturated rings. The molecule has 0 radical (unpaired) electrons. The molecule has 0 bridgehead atoms. The van der Waals surface area contributed by atoms with Gasteiger partial charge in [0.15, 0.2) is 0 Å². The summed E-state index contributed by atoms with van der Waals surface area (Å²) in [6.45, 7) is 4.38. The molecule has 1 unspecified atom stereocenters. The fraction of sp³-hybridized carbons (Fsp3) is 0.125. The minimum absolute atomic E-state index is 0. The highest BCUT2D eigenvalue weighted by Crippen LogP contribution is 2.23. The highest BCUT2D eigenvalue weighted by atomic mass is 35.5. The van der Waals surface area contributed by atoms with Gasteiger partial charge in [-0.1, -0.05) is 67.3 Å². The normalized spacial score (nSPS) is 11.4. The molecule has 0 aliphatic rings. The van der Waals surface area contributed by atoms with Crippen LogP contribution in [-0.2, 0) is 0 Å². The number of hydrogen-bond acceptors (Lipinski definition) is 1. The van der Waals surface area contributed by atoms with E-state index in [-0.39, 0.29) is 18.3 Å². The monoisotopic (exact) mass is 259 g/mol. The topological polar surface area (TPSA) is 26.0 Å². The molecule has 2 N–H and O–H groups in total. The van der Waals surface area contributed by atoms with Crippen molar-refractivity contribution in [2.75, 3.05) is 6.54 Å². The van der Waals surface area contributed by atoms with Crippen LogP contribution in [0.5, 0.6) is 0 Å². The molecular weight excluding hydrogens is 242 g/mol. The van der Waals surface area contributed by atoms with Gasteiger partial charge in [-0.25, -0.2) is 0 Å². The van der Waals surface area contributed by atoms with Gasteiger partial charge < -0.3 is 5.73 Å². The first-order valence-electron chi connectivity index (χ1n) is 5.82. The summed E-state index contributed by atoms with van der Waals surface area (Å²) in [7, 11) is 0. The van der Waals surface area contributed by atoms with Gasteiger partial charge >= 0.3 is 0 Å². The third-order valence-corrected chi connectivity index (χ3v) is 3.01. The maximum atomic E-state index is 5.89. The van der Waals surface area contributed by atoms with Crippen molar-refractivity contribution < 1.29 is 0 Å². The molecule has 2 rings (SSSR count). The Morgan fingerprint density at radius 2 is 1.50 bits per heavy atom. The zero-order valence-corrected chi connectivity index (χ0v) is 11.1. The van der Waals surface area contributed by atoms with E-state index >= 15 is 0 Å². The van der Waals surface area contributed by atoms with Crippen LogP contribution in [0.3, 0.4) is 0 Å². The molecule has 0 aliphatic heterocycles. The second kappa shape index (κ2) is 7.00. The van der Waals surface area contributed by atoms with E-state index in [9.17, 15) is 0 Å². The Morgan fingerprint density at radius 1 is 0.944 bits per heavy atom. The summed E-state index contributed by atoms with van der Waals surface area (Å²) in [6, 6.07) is 18.8. The molecule has 0 aliphatic carbocycles. The van der Waals surface area contributed by atoms with Crippen LogP contribution < -0.4 is 5.73 Å². The van der Waals surface area contributed by atoms with E-state index in [1.54, 1.807) is 0 Å². The molecule has 0 heterocycles. The predicted molar refractivity (Wildman–Crippen MR) is 81.1 cm³/mol. The van der Waals surface area contributed by atoms with Crippen molar-refractivity contribution in [2.45, 2.75) is 5.92 Å².